The van der Waals surface area contributed by atoms with Crippen LogP contribution in [0.25, 0.3) is 0 Å². The average molecular weight is 312 g/mol. The van der Waals surface area contributed by atoms with Gasteiger partial charge in [0.05, 0.1) is 24.9 Å². The number of hydrogen-bond acceptors (Lipinski definition) is 3. The Bertz CT molecular complexity index is 464. The number of anilines is 1. The predicted octanol–water partition coefficient (Wildman–Crippen LogP) is 5.13. The highest BCUT2D eigenvalue weighted by Crippen LogP contribution is 2.37. The van der Waals surface area contributed by atoms with Gasteiger partial charge in [-0.1, -0.05) is 37.8 Å². The number of methoxy groups -OCH3 is 2. The summed E-state index contributed by atoms with van der Waals surface area (Å²) in [5, 5.41) is 4.28. The van der Waals surface area contributed by atoms with Crippen molar-refractivity contribution in [1.82, 2.24) is 0 Å². The Morgan fingerprint density at radius 1 is 1.10 bits per heavy atom. The summed E-state index contributed by atoms with van der Waals surface area (Å²) in [6, 6.07) is 4.25. The molecule has 0 saturated heterocycles. The van der Waals surface area contributed by atoms with E-state index >= 15 is 0 Å². The van der Waals surface area contributed by atoms with Crippen LogP contribution in [0.15, 0.2) is 12.1 Å². The molecule has 4 heteroatoms. The SMILES string of the molecule is CCC1CCCC(Nc2cc(OC)c(OC)cc2Cl)CC1. The molecule has 0 spiro atoms. The van der Waals surface area contributed by atoms with Gasteiger partial charge in [-0.05, 0) is 25.2 Å². The molecular weight excluding hydrogens is 286 g/mol. The van der Waals surface area contributed by atoms with Crippen molar-refractivity contribution in [2.45, 2.75) is 51.5 Å². The third-order valence-corrected chi connectivity index (χ3v) is 4.81. The maximum Gasteiger partial charge on any atom is 0.162 e. The average Bonchev–Trinajstić information content (AvgIpc) is 2.74. The van der Waals surface area contributed by atoms with E-state index < -0.39 is 0 Å². The number of hydrogen-bond donors (Lipinski definition) is 1. The molecule has 0 heterocycles. The highest BCUT2D eigenvalue weighted by molar-refractivity contribution is 6.33. The van der Waals surface area contributed by atoms with Crippen molar-refractivity contribution in [3.63, 3.8) is 0 Å². The molecule has 0 aliphatic heterocycles. The normalized spacial score (nSPS) is 22.5. The first-order valence-corrected chi connectivity index (χ1v) is 8.23. The van der Waals surface area contributed by atoms with Gasteiger partial charge in [0, 0.05) is 18.2 Å². The van der Waals surface area contributed by atoms with E-state index in [1.165, 1.54) is 38.5 Å². The molecule has 118 valence electrons. The standard InChI is InChI=1S/C17H26ClNO2/c1-4-12-6-5-7-13(9-8-12)19-15-11-17(21-3)16(20-2)10-14(15)18/h10-13,19H,4-9H2,1-3H3. The van der Waals surface area contributed by atoms with Gasteiger partial charge in [0.15, 0.2) is 11.5 Å². The van der Waals surface area contributed by atoms with Gasteiger partial charge in [0.2, 0.25) is 0 Å². The van der Waals surface area contributed by atoms with Gasteiger partial charge in [0.1, 0.15) is 0 Å². The van der Waals surface area contributed by atoms with Crippen LogP contribution in [-0.2, 0) is 0 Å². The van der Waals surface area contributed by atoms with Crippen LogP contribution in [0.5, 0.6) is 11.5 Å². The van der Waals surface area contributed by atoms with Crippen molar-refractivity contribution >= 4 is 17.3 Å². The highest BCUT2D eigenvalue weighted by atomic mass is 35.5. The van der Waals surface area contributed by atoms with Crippen LogP contribution in [0, 0.1) is 5.92 Å². The fraction of sp³-hybridized carbons (Fsp3) is 0.647. The van der Waals surface area contributed by atoms with Crippen molar-refractivity contribution < 1.29 is 9.47 Å². The van der Waals surface area contributed by atoms with E-state index in [1.54, 1.807) is 14.2 Å². The minimum absolute atomic E-state index is 0.497. The van der Waals surface area contributed by atoms with E-state index in [0.29, 0.717) is 22.6 Å². The largest absolute Gasteiger partial charge is 0.493 e. The first-order chi connectivity index (χ1) is 10.2. The summed E-state index contributed by atoms with van der Waals surface area (Å²) in [4.78, 5) is 0. The summed E-state index contributed by atoms with van der Waals surface area (Å²) in [5.41, 5.74) is 0.939. The van der Waals surface area contributed by atoms with Crippen molar-refractivity contribution in [3.05, 3.63) is 17.2 Å². The molecule has 1 saturated carbocycles. The first-order valence-electron chi connectivity index (χ1n) is 7.86. The van der Waals surface area contributed by atoms with Crippen LogP contribution in [0.1, 0.15) is 45.4 Å². The fourth-order valence-electron chi connectivity index (χ4n) is 3.12. The zero-order chi connectivity index (χ0) is 15.2. The summed E-state index contributed by atoms with van der Waals surface area (Å²) in [5.74, 6) is 2.27. The predicted molar refractivity (Wildman–Crippen MR) is 88.8 cm³/mol. The maximum absolute atomic E-state index is 6.36. The lowest BCUT2D eigenvalue weighted by Gasteiger charge is -2.20. The third kappa shape index (κ3) is 4.19. The van der Waals surface area contributed by atoms with Crippen LogP contribution in [0.2, 0.25) is 5.02 Å². The smallest absolute Gasteiger partial charge is 0.162 e. The second-order valence-electron chi connectivity index (χ2n) is 5.81. The molecule has 0 aromatic heterocycles. The zero-order valence-corrected chi connectivity index (χ0v) is 14.0. The summed E-state index contributed by atoms with van der Waals surface area (Å²) >= 11 is 6.36. The Morgan fingerprint density at radius 3 is 2.48 bits per heavy atom. The van der Waals surface area contributed by atoms with Crippen LogP contribution < -0.4 is 14.8 Å². The molecule has 1 aliphatic carbocycles. The molecule has 1 aromatic rings. The van der Waals surface area contributed by atoms with Gasteiger partial charge < -0.3 is 14.8 Å². The Labute approximate surface area is 133 Å². The molecule has 1 N–H and O–H groups in total. The lowest BCUT2D eigenvalue weighted by molar-refractivity contribution is 0.355. The minimum atomic E-state index is 0.497. The summed E-state index contributed by atoms with van der Waals surface area (Å²) < 4.78 is 10.6. The second kappa shape index (κ2) is 7.79. The number of benzene rings is 1. The number of halogens is 1. The van der Waals surface area contributed by atoms with Crippen molar-refractivity contribution in [3.8, 4) is 11.5 Å². The lowest BCUT2D eigenvalue weighted by Crippen LogP contribution is -2.18. The van der Waals surface area contributed by atoms with E-state index in [9.17, 15) is 0 Å². The Balaban J connectivity index is 2.08. The Kier molecular flexibility index (Phi) is 6.04. The van der Waals surface area contributed by atoms with E-state index in [4.69, 9.17) is 21.1 Å². The molecule has 21 heavy (non-hydrogen) atoms. The molecule has 0 radical (unpaired) electrons. The van der Waals surface area contributed by atoms with Gasteiger partial charge in [-0.3, -0.25) is 0 Å². The molecule has 2 atom stereocenters. The van der Waals surface area contributed by atoms with Gasteiger partial charge in [-0.25, -0.2) is 0 Å². The summed E-state index contributed by atoms with van der Waals surface area (Å²) in [6.07, 6.45) is 7.67. The quantitative estimate of drug-likeness (QED) is 0.765. The highest BCUT2D eigenvalue weighted by Gasteiger charge is 2.19. The molecule has 1 aromatic carbocycles. The van der Waals surface area contributed by atoms with Gasteiger partial charge in [-0.15, -0.1) is 0 Å². The monoisotopic (exact) mass is 311 g/mol. The number of nitrogens with one attached hydrogen (secondary N) is 1. The Hall–Kier alpha value is -1.09. The van der Waals surface area contributed by atoms with Crippen LogP contribution in [0.3, 0.4) is 0 Å². The van der Waals surface area contributed by atoms with Crippen molar-refractivity contribution in [1.29, 1.82) is 0 Å². The van der Waals surface area contributed by atoms with Crippen LogP contribution in [0.4, 0.5) is 5.69 Å². The lowest BCUT2D eigenvalue weighted by atomic mass is 9.98. The van der Waals surface area contributed by atoms with E-state index in [1.807, 2.05) is 12.1 Å². The summed E-state index contributed by atoms with van der Waals surface area (Å²) in [7, 11) is 3.27. The zero-order valence-electron chi connectivity index (χ0n) is 13.2. The molecule has 3 nitrogen and oxygen atoms in total. The summed E-state index contributed by atoms with van der Waals surface area (Å²) in [6.45, 7) is 2.30. The van der Waals surface area contributed by atoms with Gasteiger partial charge >= 0.3 is 0 Å². The second-order valence-corrected chi connectivity index (χ2v) is 6.22. The molecular formula is C17H26ClNO2. The first kappa shape index (κ1) is 16.3. The maximum atomic E-state index is 6.36. The number of ether oxygens (including phenoxy) is 2. The van der Waals surface area contributed by atoms with Crippen LogP contribution >= 0.6 is 11.6 Å². The molecule has 1 fully saturated rings. The molecule has 2 rings (SSSR count). The number of rotatable bonds is 5. The molecule has 2 unspecified atom stereocenters. The minimum Gasteiger partial charge on any atom is -0.493 e. The van der Waals surface area contributed by atoms with Crippen molar-refractivity contribution in [2.75, 3.05) is 19.5 Å². The topological polar surface area (TPSA) is 30.5 Å². The van der Waals surface area contributed by atoms with Gasteiger partial charge in [-0.2, -0.15) is 0 Å². The van der Waals surface area contributed by atoms with Crippen molar-refractivity contribution in [2.24, 2.45) is 5.92 Å². The van der Waals surface area contributed by atoms with E-state index in [0.717, 1.165) is 11.6 Å². The Morgan fingerprint density at radius 2 is 1.81 bits per heavy atom. The fourth-order valence-corrected chi connectivity index (χ4v) is 3.32. The molecule has 0 amide bonds. The molecule has 0 bridgehead atoms. The molecule has 1 aliphatic rings. The van der Waals surface area contributed by atoms with Crippen LogP contribution in [-0.4, -0.2) is 20.3 Å². The van der Waals surface area contributed by atoms with Gasteiger partial charge in [0.25, 0.3) is 0 Å². The van der Waals surface area contributed by atoms with E-state index in [2.05, 4.69) is 12.2 Å². The third-order valence-electron chi connectivity index (χ3n) is 4.50. The van der Waals surface area contributed by atoms with E-state index in [-0.39, 0.29) is 0 Å².